The van der Waals surface area contributed by atoms with E-state index in [9.17, 15) is 10.2 Å². The zero-order chi connectivity index (χ0) is 23.2. The number of hydrogen-bond acceptors (Lipinski definition) is 3. The van der Waals surface area contributed by atoms with Gasteiger partial charge in [-0.05, 0) is 108 Å². The van der Waals surface area contributed by atoms with E-state index < -0.39 is 0 Å². The van der Waals surface area contributed by atoms with Gasteiger partial charge in [-0.15, -0.1) is 0 Å². The van der Waals surface area contributed by atoms with Crippen LogP contribution in [0.4, 0.5) is 0 Å². The molecule has 4 saturated carbocycles. The van der Waals surface area contributed by atoms with Gasteiger partial charge in [0.15, 0.2) is 0 Å². The average molecular weight is 440 g/mol. The molecule has 0 radical (unpaired) electrons. The van der Waals surface area contributed by atoms with Gasteiger partial charge in [-0.1, -0.05) is 47.6 Å². The lowest BCUT2D eigenvalue weighted by Gasteiger charge is -2.77. The Morgan fingerprint density at radius 3 is 2.22 bits per heavy atom. The summed E-state index contributed by atoms with van der Waals surface area (Å²) in [5.74, 6) is 0.294. The van der Waals surface area contributed by atoms with Crippen LogP contribution in [0.2, 0.25) is 0 Å². The summed E-state index contributed by atoms with van der Waals surface area (Å²) < 4.78 is 0. The SMILES string of the molecule is C[C@@]12CC[C@]3(C)[C@](C)(CC[C@]4(C)[C@H](O)[C@@H](Cc5cccnc5)C[C@@]34C)[C@@]1(C)CC[C@H](O)C2. The highest BCUT2D eigenvalue weighted by atomic mass is 16.3. The van der Waals surface area contributed by atoms with Gasteiger partial charge in [-0.25, -0.2) is 0 Å². The summed E-state index contributed by atoms with van der Waals surface area (Å²) >= 11 is 0. The maximum atomic E-state index is 11.8. The van der Waals surface area contributed by atoms with E-state index in [1.54, 1.807) is 0 Å². The number of pyridine rings is 1. The Kier molecular flexibility index (Phi) is 4.86. The minimum atomic E-state index is -0.261. The quantitative estimate of drug-likeness (QED) is 0.579. The summed E-state index contributed by atoms with van der Waals surface area (Å²) in [6, 6.07) is 4.18. The van der Waals surface area contributed by atoms with E-state index in [4.69, 9.17) is 0 Å². The molecule has 0 bridgehead atoms. The van der Waals surface area contributed by atoms with Crippen LogP contribution in [0.3, 0.4) is 0 Å². The van der Waals surface area contributed by atoms with E-state index in [2.05, 4.69) is 52.6 Å². The van der Waals surface area contributed by atoms with Crippen LogP contribution in [0.5, 0.6) is 0 Å². The van der Waals surface area contributed by atoms with Crippen LogP contribution in [0.25, 0.3) is 0 Å². The summed E-state index contributed by atoms with van der Waals surface area (Å²) in [6.45, 7) is 15.2. The summed E-state index contributed by atoms with van der Waals surface area (Å²) in [5, 5.41) is 22.4. The highest BCUT2D eigenvalue weighted by Crippen LogP contribution is 2.83. The number of rotatable bonds is 2. The van der Waals surface area contributed by atoms with Gasteiger partial charge >= 0.3 is 0 Å². The number of fused-ring (bicyclic) bond motifs is 5. The van der Waals surface area contributed by atoms with Crippen LogP contribution in [0.15, 0.2) is 24.5 Å². The molecule has 178 valence electrons. The van der Waals surface area contributed by atoms with Gasteiger partial charge in [-0.3, -0.25) is 4.98 Å². The van der Waals surface area contributed by atoms with Crippen LogP contribution in [-0.4, -0.2) is 27.4 Å². The molecule has 0 unspecified atom stereocenters. The maximum Gasteiger partial charge on any atom is 0.0630 e. The Labute approximate surface area is 195 Å². The molecule has 3 heteroatoms. The highest BCUT2D eigenvalue weighted by molar-refractivity contribution is 5.27. The van der Waals surface area contributed by atoms with Gasteiger partial charge in [0, 0.05) is 12.4 Å². The Balaban J connectivity index is 1.56. The minimum Gasteiger partial charge on any atom is -0.393 e. The first-order valence-corrected chi connectivity index (χ1v) is 13.1. The van der Waals surface area contributed by atoms with Crippen molar-refractivity contribution in [3.63, 3.8) is 0 Å². The zero-order valence-corrected chi connectivity index (χ0v) is 21.2. The van der Waals surface area contributed by atoms with Gasteiger partial charge in [0.25, 0.3) is 0 Å². The lowest BCUT2D eigenvalue weighted by Crippen LogP contribution is -2.70. The standard InChI is InChI=1S/C29H45NO2/c1-24-11-13-28(5)27(4,26(24,3)10-9-22(31)18-24)14-12-25(2)23(32)21(17-29(25,28)6)16-20-8-7-15-30-19-20/h7-8,15,19,21-23,31-32H,9-14,16-18H2,1-6H3/t21-,22-,23+,24-,25+,26-,27+,28+,29+/m0/s1. The van der Waals surface area contributed by atoms with Crippen LogP contribution in [0, 0.1) is 38.4 Å². The Hall–Kier alpha value is -0.930. The third kappa shape index (κ3) is 2.48. The Morgan fingerprint density at radius 1 is 0.844 bits per heavy atom. The summed E-state index contributed by atoms with van der Waals surface area (Å²) in [5.41, 5.74) is 2.11. The van der Waals surface area contributed by atoms with Crippen molar-refractivity contribution in [3.8, 4) is 0 Å². The predicted molar refractivity (Wildman–Crippen MR) is 129 cm³/mol. The Bertz CT molecular complexity index is 888. The molecule has 0 amide bonds. The number of hydrogen-bond donors (Lipinski definition) is 2. The fraction of sp³-hybridized carbons (Fsp3) is 0.828. The van der Waals surface area contributed by atoms with Crippen molar-refractivity contribution in [2.45, 2.75) is 112 Å². The molecule has 1 heterocycles. The largest absolute Gasteiger partial charge is 0.393 e. The molecule has 3 nitrogen and oxygen atoms in total. The predicted octanol–water partition coefficient (Wildman–Crippen LogP) is 6.18. The molecule has 4 fully saturated rings. The fourth-order valence-electron chi connectivity index (χ4n) is 10.3. The van der Waals surface area contributed by atoms with Crippen molar-refractivity contribution in [1.82, 2.24) is 4.98 Å². The molecular weight excluding hydrogens is 394 g/mol. The van der Waals surface area contributed by atoms with Crippen molar-refractivity contribution >= 4 is 0 Å². The van der Waals surface area contributed by atoms with Crippen molar-refractivity contribution in [1.29, 1.82) is 0 Å². The van der Waals surface area contributed by atoms with Gasteiger partial charge in [0.05, 0.1) is 12.2 Å². The highest BCUT2D eigenvalue weighted by Gasteiger charge is 2.77. The molecule has 4 aliphatic rings. The molecule has 2 N–H and O–H groups in total. The third-order valence-electron chi connectivity index (χ3n) is 13.2. The zero-order valence-electron chi connectivity index (χ0n) is 21.2. The molecule has 4 aliphatic carbocycles. The van der Waals surface area contributed by atoms with E-state index in [0.717, 1.165) is 38.5 Å². The lowest BCUT2D eigenvalue weighted by molar-refractivity contribution is -0.292. The topological polar surface area (TPSA) is 53.4 Å². The molecule has 0 saturated heterocycles. The molecule has 9 atom stereocenters. The normalized spacial score (nSPS) is 55.1. The van der Waals surface area contributed by atoms with Gasteiger partial charge in [0.2, 0.25) is 0 Å². The summed E-state index contributed by atoms with van der Waals surface area (Å²) in [4.78, 5) is 4.33. The smallest absolute Gasteiger partial charge is 0.0630 e. The molecule has 5 rings (SSSR count). The molecule has 0 spiro atoms. The van der Waals surface area contributed by atoms with Crippen molar-refractivity contribution in [2.24, 2.45) is 38.4 Å². The first kappa shape index (κ1) is 22.8. The fourth-order valence-corrected chi connectivity index (χ4v) is 10.3. The Morgan fingerprint density at radius 2 is 1.53 bits per heavy atom. The van der Waals surface area contributed by atoms with Crippen LogP contribution in [-0.2, 0) is 6.42 Å². The molecule has 1 aromatic rings. The van der Waals surface area contributed by atoms with Crippen LogP contribution < -0.4 is 0 Å². The first-order valence-electron chi connectivity index (χ1n) is 13.1. The first-order chi connectivity index (χ1) is 14.9. The maximum absolute atomic E-state index is 11.8. The molecule has 0 aliphatic heterocycles. The average Bonchev–Trinajstić information content (AvgIpc) is 2.95. The molecular formula is C29H45NO2. The number of aliphatic hydroxyl groups excluding tert-OH is 2. The van der Waals surface area contributed by atoms with E-state index in [1.165, 1.54) is 24.8 Å². The summed E-state index contributed by atoms with van der Waals surface area (Å²) in [6.07, 6.45) is 13.2. The molecule has 1 aromatic heterocycles. The van der Waals surface area contributed by atoms with Gasteiger partial charge in [0.1, 0.15) is 0 Å². The second-order valence-electron chi connectivity index (χ2n) is 13.7. The number of aliphatic hydroxyl groups is 2. The van der Waals surface area contributed by atoms with Crippen molar-refractivity contribution in [3.05, 3.63) is 30.1 Å². The third-order valence-corrected chi connectivity index (χ3v) is 13.2. The summed E-state index contributed by atoms with van der Waals surface area (Å²) in [7, 11) is 0. The van der Waals surface area contributed by atoms with Crippen LogP contribution >= 0.6 is 0 Å². The van der Waals surface area contributed by atoms with E-state index in [0.29, 0.717) is 5.92 Å². The minimum absolute atomic E-state index is 0.0492. The van der Waals surface area contributed by atoms with E-state index >= 15 is 0 Å². The van der Waals surface area contributed by atoms with Gasteiger partial charge < -0.3 is 10.2 Å². The van der Waals surface area contributed by atoms with Crippen molar-refractivity contribution in [2.75, 3.05) is 0 Å². The van der Waals surface area contributed by atoms with Crippen molar-refractivity contribution < 1.29 is 10.2 Å². The number of nitrogens with zero attached hydrogens (tertiary/aromatic N) is 1. The second kappa shape index (κ2) is 6.81. The monoisotopic (exact) mass is 439 g/mol. The molecule has 0 aromatic carbocycles. The lowest BCUT2D eigenvalue weighted by atomic mass is 9.27. The van der Waals surface area contributed by atoms with Gasteiger partial charge in [-0.2, -0.15) is 0 Å². The van der Waals surface area contributed by atoms with E-state index in [-0.39, 0.29) is 44.7 Å². The van der Waals surface area contributed by atoms with E-state index in [1.807, 2.05) is 18.5 Å². The molecule has 32 heavy (non-hydrogen) atoms. The number of aromatic nitrogens is 1. The van der Waals surface area contributed by atoms with Crippen LogP contribution in [0.1, 0.15) is 98.5 Å². The second-order valence-corrected chi connectivity index (χ2v) is 13.7.